The number of allylic oxidation sites excluding steroid dienone is 1. The van der Waals surface area contributed by atoms with E-state index in [1.807, 2.05) is 0 Å². The van der Waals surface area contributed by atoms with Gasteiger partial charge in [0.2, 0.25) is 0 Å². The van der Waals surface area contributed by atoms with Crippen molar-refractivity contribution >= 4 is 5.78 Å². The lowest BCUT2D eigenvalue weighted by Gasteiger charge is -2.31. The van der Waals surface area contributed by atoms with Crippen molar-refractivity contribution in [1.82, 2.24) is 0 Å². The summed E-state index contributed by atoms with van der Waals surface area (Å²) >= 11 is 0. The Balaban J connectivity index is 1.43. The summed E-state index contributed by atoms with van der Waals surface area (Å²) in [5, 5.41) is 0. The number of rotatable bonds is 3. The van der Waals surface area contributed by atoms with Crippen molar-refractivity contribution in [1.29, 1.82) is 0 Å². The molecule has 0 aromatic carbocycles. The molecule has 2 aliphatic heterocycles. The van der Waals surface area contributed by atoms with Crippen molar-refractivity contribution < 1.29 is 14.3 Å². The van der Waals surface area contributed by atoms with Gasteiger partial charge in [-0.05, 0) is 45.4 Å². The Morgan fingerprint density at radius 2 is 2.05 bits per heavy atom. The third-order valence-electron chi connectivity index (χ3n) is 5.95. The highest BCUT2D eigenvalue weighted by Crippen LogP contribution is 2.58. The Morgan fingerprint density at radius 3 is 2.75 bits per heavy atom. The molecule has 2 saturated heterocycles. The van der Waals surface area contributed by atoms with E-state index < -0.39 is 0 Å². The van der Waals surface area contributed by atoms with E-state index in [1.54, 1.807) is 5.57 Å². The van der Waals surface area contributed by atoms with E-state index >= 15 is 0 Å². The van der Waals surface area contributed by atoms with Gasteiger partial charge in [-0.2, -0.15) is 0 Å². The molecule has 0 aromatic heterocycles. The van der Waals surface area contributed by atoms with Crippen LogP contribution in [0, 0.1) is 5.92 Å². The zero-order chi connectivity index (χ0) is 13.8. The Hall–Kier alpha value is -0.670. The molecular weight excluding hydrogens is 252 g/mol. The van der Waals surface area contributed by atoms with E-state index in [9.17, 15) is 4.79 Å². The van der Waals surface area contributed by atoms with Crippen LogP contribution < -0.4 is 0 Å². The quantitative estimate of drug-likeness (QED) is 0.587. The van der Waals surface area contributed by atoms with Gasteiger partial charge in [0, 0.05) is 18.8 Å². The molecule has 2 heterocycles. The first kappa shape index (κ1) is 13.0. The predicted octanol–water partition coefficient (Wildman–Crippen LogP) is 3.17. The minimum atomic E-state index is -0.123. The molecule has 2 aliphatic carbocycles. The van der Waals surface area contributed by atoms with Crippen LogP contribution in [0.5, 0.6) is 0 Å². The normalized spacial score (nSPS) is 46.9. The second-order valence-corrected chi connectivity index (χ2v) is 7.24. The molecule has 0 aromatic rings. The zero-order valence-corrected chi connectivity index (χ0v) is 12.3. The first-order valence-corrected chi connectivity index (χ1v) is 8.14. The van der Waals surface area contributed by atoms with Crippen LogP contribution >= 0.6 is 0 Å². The average molecular weight is 276 g/mol. The van der Waals surface area contributed by atoms with Crippen molar-refractivity contribution in [3.05, 3.63) is 11.6 Å². The molecule has 0 radical (unpaired) electrons. The van der Waals surface area contributed by atoms with Gasteiger partial charge in [0.05, 0.1) is 23.9 Å². The highest BCUT2D eigenvalue weighted by Gasteiger charge is 2.68. The molecule has 2 saturated carbocycles. The molecule has 4 fully saturated rings. The Kier molecular flexibility index (Phi) is 2.87. The lowest BCUT2D eigenvalue weighted by molar-refractivity contribution is -0.124. The fourth-order valence-corrected chi connectivity index (χ4v) is 4.37. The number of hydrogen-bond donors (Lipinski definition) is 0. The SMILES string of the molecule is CC1(C2CC(=O)CCC23CO3)OC1CC=C1CCCC1. The number of carbonyl (C=O) groups is 1. The highest BCUT2D eigenvalue weighted by molar-refractivity contribution is 5.80. The van der Waals surface area contributed by atoms with Crippen molar-refractivity contribution in [2.45, 2.75) is 75.6 Å². The maximum atomic E-state index is 11.8. The molecule has 4 aliphatic rings. The van der Waals surface area contributed by atoms with E-state index in [-0.39, 0.29) is 17.1 Å². The van der Waals surface area contributed by atoms with Crippen molar-refractivity contribution in [2.24, 2.45) is 5.92 Å². The Bertz CT molecular complexity index is 455. The van der Waals surface area contributed by atoms with Gasteiger partial charge in [-0.3, -0.25) is 4.79 Å². The van der Waals surface area contributed by atoms with E-state index in [4.69, 9.17) is 9.47 Å². The van der Waals surface area contributed by atoms with Crippen LogP contribution in [-0.4, -0.2) is 29.7 Å². The summed E-state index contributed by atoms with van der Waals surface area (Å²) in [6, 6.07) is 0. The van der Waals surface area contributed by atoms with E-state index in [0.29, 0.717) is 24.7 Å². The summed E-state index contributed by atoms with van der Waals surface area (Å²) < 4.78 is 11.8. The lowest BCUT2D eigenvalue weighted by atomic mass is 9.71. The highest BCUT2D eigenvalue weighted by atomic mass is 16.6. The Labute approximate surface area is 120 Å². The van der Waals surface area contributed by atoms with E-state index in [0.717, 1.165) is 19.4 Å². The zero-order valence-electron chi connectivity index (χ0n) is 12.3. The minimum absolute atomic E-state index is 0.0160. The largest absolute Gasteiger partial charge is 0.369 e. The summed E-state index contributed by atoms with van der Waals surface area (Å²) in [6.07, 6.45) is 11.2. The van der Waals surface area contributed by atoms with Crippen molar-refractivity contribution in [2.75, 3.05) is 6.61 Å². The van der Waals surface area contributed by atoms with Gasteiger partial charge >= 0.3 is 0 Å². The number of ketones is 1. The summed E-state index contributed by atoms with van der Waals surface area (Å²) in [5.41, 5.74) is 1.47. The van der Waals surface area contributed by atoms with Crippen LogP contribution in [0.4, 0.5) is 0 Å². The molecule has 3 heteroatoms. The smallest absolute Gasteiger partial charge is 0.133 e. The van der Waals surface area contributed by atoms with Gasteiger partial charge in [-0.1, -0.05) is 11.6 Å². The lowest BCUT2D eigenvalue weighted by Crippen LogP contribution is -2.42. The molecule has 110 valence electrons. The third-order valence-corrected chi connectivity index (χ3v) is 5.95. The molecule has 4 atom stereocenters. The van der Waals surface area contributed by atoms with Crippen molar-refractivity contribution in [3.8, 4) is 0 Å². The molecule has 4 rings (SSSR count). The molecule has 1 spiro atoms. The van der Waals surface area contributed by atoms with Crippen LogP contribution in [-0.2, 0) is 14.3 Å². The van der Waals surface area contributed by atoms with Gasteiger partial charge in [0.1, 0.15) is 5.78 Å². The standard InChI is InChI=1S/C17H24O3/c1-16(14-10-13(18)8-9-17(14)11-19-17)15(20-16)7-6-12-4-2-3-5-12/h6,14-15H,2-5,7-11H2,1H3. The number of ether oxygens (including phenoxy) is 2. The molecule has 20 heavy (non-hydrogen) atoms. The van der Waals surface area contributed by atoms with Crippen LogP contribution in [0.1, 0.15) is 58.3 Å². The van der Waals surface area contributed by atoms with Gasteiger partial charge in [-0.25, -0.2) is 0 Å². The number of Topliss-reactive ketones (excluding diaryl/α,β-unsaturated/α-hetero) is 1. The maximum Gasteiger partial charge on any atom is 0.133 e. The topological polar surface area (TPSA) is 42.1 Å². The van der Waals surface area contributed by atoms with Gasteiger partial charge in [-0.15, -0.1) is 0 Å². The maximum absolute atomic E-state index is 11.8. The third kappa shape index (κ3) is 2.06. The number of epoxide rings is 2. The monoisotopic (exact) mass is 276 g/mol. The first-order valence-electron chi connectivity index (χ1n) is 8.14. The summed E-state index contributed by atoms with van der Waals surface area (Å²) in [4.78, 5) is 11.8. The fraction of sp³-hybridized carbons (Fsp3) is 0.824. The van der Waals surface area contributed by atoms with Gasteiger partial charge < -0.3 is 9.47 Å². The molecular formula is C17H24O3. The molecule has 0 bridgehead atoms. The number of hydrogen-bond acceptors (Lipinski definition) is 3. The van der Waals surface area contributed by atoms with Crippen LogP contribution in [0.3, 0.4) is 0 Å². The van der Waals surface area contributed by atoms with Crippen molar-refractivity contribution in [3.63, 3.8) is 0 Å². The summed E-state index contributed by atoms with van der Waals surface area (Å²) in [6.45, 7) is 3.02. The molecule has 3 nitrogen and oxygen atoms in total. The van der Waals surface area contributed by atoms with Crippen LogP contribution in [0.15, 0.2) is 11.6 Å². The predicted molar refractivity (Wildman–Crippen MR) is 75.5 cm³/mol. The fourth-order valence-electron chi connectivity index (χ4n) is 4.37. The van der Waals surface area contributed by atoms with E-state index in [2.05, 4.69) is 13.0 Å². The molecule has 4 unspecified atom stereocenters. The van der Waals surface area contributed by atoms with Gasteiger partial charge in [0.25, 0.3) is 0 Å². The molecule has 0 N–H and O–H groups in total. The second kappa shape index (κ2) is 4.41. The summed E-state index contributed by atoms with van der Waals surface area (Å²) in [7, 11) is 0. The van der Waals surface area contributed by atoms with E-state index in [1.165, 1.54) is 25.7 Å². The van der Waals surface area contributed by atoms with Crippen LogP contribution in [0.25, 0.3) is 0 Å². The van der Waals surface area contributed by atoms with Gasteiger partial charge in [0.15, 0.2) is 0 Å². The number of carbonyl (C=O) groups excluding carboxylic acids is 1. The van der Waals surface area contributed by atoms with Crippen LogP contribution in [0.2, 0.25) is 0 Å². The first-order chi connectivity index (χ1) is 9.62. The second-order valence-electron chi connectivity index (χ2n) is 7.24. The average Bonchev–Trinajstić information content (AvgIpc) is 3.28. The molecule has 0 amide bonds. The Morgan fingerprint density at radius 1 is 1.30 bits per heavy atom. The summed E-state index contributed by atoms with van der Waals surface area (Å²) in [5.74, 6) is 0.670. The minimum Gasteiger partial charge on any atom is -0.369 e.